The monoisotopic (exact) mass is 251 g/mol. The molecule has 2 fully saturated rings. The average Bonchev–Trinajstić information content (AvgIpc) is 3.04. The standard InChI is InChI=1S/C11H17N5O2/c1-8-13-10(18-14-8)7-15-4-5-16(11(15)17)9-2-3-12-6-9/h9,12H,2-7H2,1H3/t9-/m0/s1. The predicted molar refractivity (Wildman–Crippen MR) is 62.8 cm³/mol. The Morgan fingerprint density at radius 1 is 1.50 bits per heavy atom. The fraction of sp³-hybridized carbons (Fsp3) is 0.727. The first-order valence-corrected chi connectivity index (χ1v) is 6.29. The van der Waals surface area contributed by atoms with E-state index in [0.717, 1.165) is 32.6 Å². The van der Waals surface area contributed by atoms with Crippen LogP contribution in [0, 0.1) is 6.92 Å². The van der Waals surface area contributed by atoms with Gasteiger partial charge in [-0.15, -0.1) is 0 Å². The minimum absolute atomic E-state index is 0.0829. The van der Waals surface area contributed by atoms with Crippen molar-refractivity contribution in [1.29, 1.82) is 0 Å². The van der Waals surface area contributed by atoms with Crippen LogP contribution in [0.15, 0.2) is 4.52 Å². The molecule has 0 unspecified atom stereocenters. The minimum Gasteiger partial charge on any atom is -0.337 e. The highest BCUT2D eigenvalue weighted by Crippen LogP contribution is 2.18. The Morgan fingerprint density at radius 3 is 3.06 bits per heavy atom. The van der Waals surface area contributed by atoms with E-state index in [1.807, 2.05) is 4.90 Å². The van der Waals surface area contributed by atoms with Gasteiger partial charge in [0.25, 0.3) is 0 Å². The molecule has 1 aromatic heterocycles. The van der Waals surface area contributed by atoms with Crippen LogP contribution < -0.4 is 5.32 Å². The molecule has 0 saturated carbocycles. The number of carbonyl (C=O) groups is 1. The second-order valence-electron chi connectivity index (χ2n) is 4.78. The van der Waals surface area contributed by atoms with Gasteiger partial charge in [0.1, 0.15) is 6.54 Å². The van der Waals surface area contributed by atoms with Gasteiger partial charge in [-0.25, -0.2) is 4.79 Å². The van der Waals surface area contributed by atoms with E-state index in [1.165, 1.54) is 0 Å². The third-order valence-corrected chi connectivity index (χ3v) is 3.50. The van der Waals surface area contributed by atoms with E-state index in [4.69, 9.17) is 4.52 Å². The molecule has 2 saturated heterocycles. The number of aryl methyl sites for hydroxylation is 1. The van der Waals surface area contributed by atoms with Crippen LogP contribution in [0.25, 0.3) is 0 Å². The summed E-state index contributed by atoms with van der Waals surface area (Å²) in [6.45, 7) is 5.61. The number of nitrogens with zero attached hydrogens (tertiary/aromatic N) is 4. The van der Waals surface area contributed by atoms with E-state index in [-0.39, 0.29) is 6.03 Å². The summed E-state index contributed by atoms with van der Waals surface area (Å²) >= 11 is 0. The third-order valence-electron chi connectivity index (χ3n) is 3.50. The first-order chi connectivity index (χ1) is 8.74. The summed E-state index contributed by atoms with van der Waals surface area (Å²) < 4.78 is 5.05. The van der Waals surface area contributed by atoms with Crippen molar-refractivity contribution in [3.05, 3.63) is 11.7 Å². The minimum atomic E-state index is 0.0829. The lowest BCUT2D eigenvalue weighted by atomic mass is 10.2. The van der Waals surface area contributed by atoms with Crippen LogP contribution >= 0.6 is 0 Å². The molecule has 0 spiro atoms. The quantitative estimate of drug-likeness (QED) is 0.817. The molecule has 0 aliphatic carbocycles. The molecule has 7 heteroatoms. The molecular formula is C11H17N5O2. The summed E-state index contributed by atoms with van der Waals surface area (Å²) in [6.07, 6.45) is 1.04. The van der Waals surface area contributed by atoms with Crippen molar-refractivity contribution in [3.63, 3.8) is 0 Å². The smallest absolute Gasteiger partial charge is 0.320 e. The molecule has 3 heterocycles. The zero-order valence-electron chi connectivity index (χ0n) is 10.4. The Morgan fingerprint density at radius 2 is 2.39 bits per heavy atom. The lowest BCUT2D eigenvalue weighted by molar-refractivity contribution is 0.174. The summed E-state index contributed by atoms with van der Waals surface area (Å²) in [5.41, 5.74) is 0. The number of rotatable bonds is 3. The Bertz CT molecular complexity index is 440. The lowest BCUT2D eigenvalue weighted by Gasteiger charge is -2.23. The van der Waals surface area contributed by atoms with E-state index in [2.05, 4.69) is 15.5 Å². The number of urea groups is 1. The highest BCUT2D eigenvalue weighted by Gasteiger charge is 2.35. The molecular weight excluding hydrogens is 234 g/mol. The molecule has 98 valence electrons. The zero-order chi connectivity index (χ0) is 12.5. The van der Waals surface area contributed by atoms with Gasteiger partial charge in [-0.3, -0.25) is 0 Å². The van der Waals surface area contributed by atoms with Crippen molar-refractivity contribution >= 4 is 6.03 Å². The SMILES string of the molecule is Cc1noc(CN2CCN([C@H]3CCNC3)C2=O)n1. The normalized spacial score (nSPS) is 24.3. The Labute approximate surface area is 105 Å². The fourth-order valence-corrected chi connectivity index (χ4v) is 2.56. The van der Waals surface area contributed by atoms with Crippen LogP contribution in [-0.2, 0) is 6.54 Å². The van der Waals surface area contributed by atoms with Gasteiger partial charge >= 0.3 is 6.03 Å². The van der Waals surface area contributed by atoms with Crippen molar-refractivity contribution in [3.8, 4) is 0 Å². The van der Waals surface area contributed by atoms with Crippen LogP contribution in [0.3, 0.4) is 0 Å². The maximum absolute atomic E-state index is 12.2. The predicted octanol–water partition coefficient (Wildman–Crippen LogP) is -0.0225. The number of aromatic nitrogens is 2. The summed E-state index contributed by atoms with van der Waals surface area (Å²) in [4.78, 5) is 20.1. The van der Waals surface area contributed by atoms with Gasteiger partial charge in [0, 0.05) is 25.7 Å². The van der Waals surface area contributed by atoms with Gasteiger partial charge in [0.05, 0.1) is 0 Å². The Balaban J connectivity index is 1.63. The summed E-state index contributed by atoms with van der Waals surface area (Å²) in [6, 6.07) is 0.423. The molecule has 0 bridgehead atoms. The molecule has 2 amide bonds. The van der Waals surface area contributed by atoms with Crippen LogP contribution in [0.4, 0.5) is 4.79 Å². The highest BCUT2D eigenvalue weighted by atomic mass is 16.5. The number of amides is 2. The van der Waals surface area contributed by atoms with Crippen LogP contribution in [0.2, 0.25) is 0 Å². The van der Waals surface area contributed by atoms with Gasteiger partial charge in [0.2, 0.25) is 5.89 Å². The maximum Gasteiger partial charge on any atom is 0.320 e. The van der Waals surface area contributed by atoms with Gasteiger partial charge < -0.3 is 19.6 Å². The van der Waals surface area contributed by atoms with Crippen LogP contribution in [0.1, 0.15) is 18.1 Å². The molecule has 7 nitrogen and oxygen atoms in total. The van der Waals surface area contributed by atoms with Gasteiger partial charge in [0.15, 0.2) is 5.82 Å². The molecule has 1 atom stereocenters. The first-order valence-electron chi connectivity index (χ1n) is 6.29. The van der Waals surface area contributed by atoms with Crippen molar-refractivity contribution in [1.82, 2.24) is 25.3 Å². The van der Waals surface area contributed by atoms with Crippen molar-refractivity contribution in [2.75, 3.05) is 26.2 Å². The molecule has 3 rings (SSSR count). The van der Waals surface area contributed by atoms with Crippen molar-refractivity contribution < 1.29 is 9.32 Å². The lowest BCUT2D eigenvalue weighted by Crippen LogP contribution is -2.40. The van der Waals surface area contributed by atoms with Crippen molar-refractivity contribution in [2.45, 2.75) is 25.9 Å². The summed E-state index contributed by atoms with van der Waals surface area (Å²) in [5.74, 6) is 1.11. The Kier molecular flexibility index (Phi) is 2.91. The molecule has 0 radical (unpaired) electrons. The molecule has 2 aliphatic heterocycles. The second-order valence-corrected chi connectivity index (χ2v) is 4.78. The molecule has 18 heavy (non-hydrogen) atoms. The number of carbonyl (C=O) groups excluding carboxylic acids is 1. The van der Waals surface area contributed by atoms with Gasteiger partial charge in [-0.2, -0.15) is 4.98 Å². The van der Waals surface area contributed by atoms with E-state index in [9.17, 15) is 4.79 Å². The maximum atomic E-state index is 12.2. The topological polar surface area (TPSA) is 74.5 Å². The Hall–Kier alpha value is -1.63. The van der Waals surface area contributed by atoms with E-state index in [1.54, 1.807) is 11.8 Å². The van der Waals surface area contributed by atoms with Crippen molar-refractivity contribution in [2.24, 2.45) is 0 Å². The van der Waals surface area contributed by atoms with E-state index >= 15 is 0 Å². The first kappa shape index (κ1) is 11.5. The molecule has 0 aromatic carbocycles. The van der Waals surface area contributed by atoms with Crippen LogP contribution in [-0.4, -0.2) is 58.2 Å². The zero-order valence-corrected chi connectivity index (χ0v) is 10.4. The summed E-state index contributed by atoms with van der Waals surface area (Å²) in [5, 5.41) is 7.02. The van der Waals surface area contributed by atoms with Gasteiger partial charge in [-0.05, 0) is 19.9 Å². The molecule has 2 aliphatic rings. The third kappa shape index (κ3) is 2.05. The molecule has 1 aromatic rings. The van der Waals surface area contributed by atoms with E-state index < -0.39 is 0 Å². The van der Waals surface area contributed by atoms with Gasteiger partial charge in [-0.1, -0.05) is 5.16 Å². The number of hydrogen-bond acceptors (Lipinski definition) is 5. The number of nitrogens with one attached hydrogen (secondary N) is 1. The van der Waals surface area contributed by atoms with E-state index in [0.29, 0.717) is 24.3 Å². The molecule has 1 N–H and O–H groups in total. The highest BCUT2D eigenvalue weighted by molar-refractivity contribution is 5.76. The second kappa shape index (κ2) is 4.56. The largest absolute Gasteiger partial charge is 0.337 e. The van der Waals surface area contributed by atoms with Crippen LogP contribution in [0.5, 0.6) is 0 Å². The average molecular weight is 251 g/mol. The summed E-state index contributed by atoms with van der Waals surface area (Å²) in [7, 11) is 0. The number of hydrogen-bond donors (Lipinski definition) is 1. The fourth-order valence-electron chi connectivity index (χ4n) is 2.56.